The summed E-state index contributed by atoms with van der Waals surface area (Å²) in [6.07, 6.45) is 2.99. The maximum Gasteiger partial charge on any atom is 0.246 e. The number of likely N-dealkylation sites (tertiary alicyclic amines) is 1. The zero-order chi connectivity index (χ0) is 20.3. The first-order valence-corrected chi connectivity index (χ1v) is 10.4. The van der Waals surface area contributed by atoms with E-state index in [4.69, 9.17) is 0 Å². The van der Waals surface area contributed by atoms with E-state index in [1.807, 2.05) is 4.90 Å². The Morgan fingerprint density at radius 2 is 1.68 bits per heavy atom. The molecule has 0 spiro atoms. The van der Waals surface area contributed by atoms with E-state index in [2.05, 4.69) is 56.0 Å². The molecule has 1 aromatic rings. The van der Waals surface area contributed by atoms with E-state index in [0.717, 1.165) is 44.7 Å². The summed E-state index contributed by atoms with van der Waals surface area (Å²) >= 11 is 0. The van der Waals surface area contributed by atoms with Gasteiger partial charge in [-0.3, -0.25) is 14.5 Å². The maximum atomic E-state index is 13.5. The first-order chi connectivity index (χ1) is 13.4. The third-order valence-corrected chi connectivity index (χ3v) is 6.21. The SMILES string of the molecule is C/C=C(/C)CN1CCN(C(=O)C2C(c3ccc(C)cc3)CCN2C(C)=O)CC1. The second-order valence-electron chi connectivity index (χ2n) is 8.20. The fourth-order valence-electron chi connectivity index (χ4n) is 4.37. The number of rotatable bonds is 4. The highest BCUT2D eigenvalue weighted by atomic mass is 16.2. The zero-order valence-corrected chi connectivity index (χ0v) is 17.6. The highest BCUT2D eigenvalue weighted by Crippen LogP contribution is 2.35. The van der Waals surface area contributed by atoms with Crippen LogP contribution >= 0.6 is 0 Å². The lowest BCUT2D eigenvalue weighted by Crippen LogP contribution is -2.55. The first kappa shape index (κ1) is 20.6. The number of benzene rings is 1. The summed E-state index contributed by atoms with van der Waals surface area (Å²) in [6.45, 7) is 12.7. The summed E-state index contributed by atoms with van der Waals surface area (Å²) < 4.78 is 0. The number of carbonyl (C=O) groups is 2. The lowest BCUT2D eigenvalue weighted by Gasteiger charge is -2.38. The molecule has 3 rings (SSSR count). The molecule has 2 atom stereocenters. The average Bonchev–Trinajstić information content (AvgIpc) is 3.14. The van der Waals surface area contributed by atoms with Crippen molar-refractivity contribution in [2.24, 2.45) is 0 Å². The van der Waals surface area contributed by atoms with Crippen molar-refractivity contribution in [1.82, 2.24) is 14.7 Å². The van der Waals surface area contributed by atoms with Gasteiger partial charge in [0.05, 0.1) is 0 Å². The minimum atomic E-state index is -0.371. The molecule has 2 aliphatic heterocycles. The highest BCUT2D eigenvalue weighted by molar-refractivity contribution is 5.88. The minimum absolute atomic E-state index is 0.00435. The van der Waals surface area contributed by atoms with Crippen LogP contribution in [0.15, 0.2) is 35.9 Å². The Kier molecular flexibility index (Phi) is 6.55. The molecule has 2 aliphatic rings. The molecule has 2 unspecified atom stereocenters. The van der Waals surface area contributed by atoms with Crippen molar-refractivity contribution >= 4 is 11.8 Å². The van der Waals surface area contributed by atoms with Gasteiger partial charge in [-0.1, -0.05) is 41.5 Å². The smallest absolute Gasteiger partial charge is 0.246 e. The molecule has 2 heterocycles. The van der Waals surface area contributed by atoms with Gasteiger partial charge in [-0.2, -0.15) is 0 Å². The number of hydrogen-bond acceptors (Lipinski definition) is 3. The molecule has 152 valence electrons. The molecule has 5 heteroatoms. The van der Waals surface area contributed by atoms with Gasteiger partial charge in [0.2, 0.25) is 11.8 Å². The summed E-state index contributed by atoms with van der Waals surface area (Å²) in [6, 6.07) is 8.04. The Morgan fingerprint density at radius 1 is 1.04 bits per heavy atom. The fraction of sp³-hybridized carbons (Fsp3) is 0.565. The molecule has 0 aliphatic carbocycles. The van der Waals surface area contributed by atoms with Crippen LogP contribution in [-0.4, -0.2) is 71.8 Å². The van der Waals surface area contributed by atoms with Crippen molar-refractivity contribution in [3.8, 4) is 0 Å². The van der Waals surface area contributed by atoms with Crippen molar-refractivity contribution in [1.29, 1.82) is 0 Å². The van der Waals surface area contributed by atoms with E-state index in [9.17, 15) is 9.59 Å². The van der Waals surface area contributed by atoms with Crippen LogP contribution in [-0.2, 0) is 9.59 Å². The number of amides is 2. The Hall–Kier alpha value is -2.14. The van der Waals surface area contributed by atoms with E-state index in [-0.39, 0.29) is 23.8 Å². The van der Waals surface area contributed by atoms with Gasteiger partial charge in [0.1, 0.15) is 6.04 Å². The molecular weight excluding hydrogens is 350 g/mol. The number of nitrogens with zero attached hydrogens (tertiary/aromatic N) is 3. The Morgan fingerprint density at radius 3 is 2.25 bits per heavy atom. The van der Waals surface area contributed by atoms with E-state index in [1.54, 1.807) is 11.8 Å². The van der Waals surface area contributed by atoms with Crippen LogP contribution in [0.1, 0.15) is 44.2 Å². The third-order valence-electron chi connectivity index (χ3n) is 6.21. The second-order valence-corrected chi connectivity index (χ2v) is 8.20. The molecule has 2 fully saturated rings. The minimum Gasteiger partial charge on any atom is -0.338 e. The van der Waals surface area contributed by atoms with Gasteiger partial charge in [-0.15, -0.1) is 0 Å². The van der Waals surface area contributed by atoms with E-state index in [1.165, 1.54) is 11.1 Å². The van der Waals surface area contributed by atoms with Gasteiger partial charge < -0.3 is 9.80 Å². The summed E-state index contributed by atoms with van der Waals surface area (Å²) in [5, 5.41) is 0. The summed E-state index contributed by atoms with van der Waals surface area (Å²) in [5.74, 6) is 0.191. The largest absolute Gasteiger partial charge is 0.338 e. The first-order valence-electron chi connectivity index (χ1n) is 10.4. The molecule has 0 aromatic heterocycles. The van der Waals surface area contributed by atoms with Crippen LogP contribution in [0.25, 0.3) is 0 Å². The lowest BCUT2D eigenvalue weighted by molar-refractivity contribution is -0.144. The van der Waals surface area contributed by atoms with Crippen LogP contribution in [0.2, 0.25) is 0 Å². The predicted molar refractivity (Wildman–Crippen MR) is 112 cm³/mol. The molecule has 2 amide bonds. The van der Waals surface area contributed by atoms with Gasteiger partial charge in [0.15, 0.2) is 0 Å². The Labute approximate surface area is 169 Å². The van der Waals surface area contributed by atoms with Crippen LogP contribution in [0.5, 0.6) is 0 Å². The Bertz CT molecular complexity index is 733. The van der Waals surface area contributed by atoms with Crippen molar-refractivity contribution in [3.05, 3.63) is 47.0 Å². The molecule has 5 nitrogen and oxygen atoms in total. The fourth-order valence-corrected chi connectivity index (χ4v) is 4.37. The van der Waals surface area contributed by atoms with Crippen LogP contribution in [0, 0.1) is 6.92 Å². The number of carbonyl (C=O) groups excluding carboxylic acids is 2. The van der Waals surface area contributed by atoms with E-state index < -0.39 is 0 Å². The van der Waals surface area contributed by atoms with Crippen molar-refractivity contribution in [2.45, 2.75) is 46.1 Å². The molecule has 2 saturated heterocycles. The molecular formula is C23H33N3O2. The third kappa shape index (κ3) is 4.46. The monoisotopic (exact) mass is 383 g/mol. The zero-order valence-electron chi connectivity index (χ0n) is 17.6. The van der Waals surface area contributed by atoms with Gasteiger partial charge >= 0.3 is 0 Å². The van der Waals surface area contributed by atoms with E-state index >= 15 is 0 Å². The van der Waals surface area contributed by atoms with Crippen LogP contribution in [0.4, 0.5) is 0 Å². The van der Waals surface area contributed by atoms with Gasteiger partial charge in [-0.25, -0.2) is 0 Å². The van der Waals surface area contributed by atoms with Gasteiger partial charge in [-0.05, 0) is 32.8 Å². The summed E-state index contributed by atoms with van der Waals surface area (Å²) in [5.41, 5.74) is 3.73. The van der Waals surface area contributed by atoms with Gasteiger partial charge in [0.25, 0.3) is 0 Å². The predicted octanol–water partition coefficient (Wildman–Crippen LogP) is 2.81. The summed E-state index contributed by atoms with van der Waals surface area (Å²) in [7, 11) is 0. The topological polar surface area (TPSA) is 43.9 Å². The van der Waals surface area contributed by atoms with E-state index in [0.29, 0.717) is 6.54 Å². The standard InChI is InChI=1S/C23H33N3O2/c1-5-17(2)16-24-12-14-25(15-13-24)23(28)22-21(10-11-26(22)19(4)27)20-8-6-18(3)7-9-20/h5-9,21-22H,10-16H2,1-4H3/b17-5-. The van der Waals surface area contributed by atoms with Gasteiger partial charge in [0, 0.05) is 52.1 Å². The number of piperazine rings is 1. The molecule has 0 saturated carbocycles. The quantitative estimate of drug-likeness (QED) is 0.751. The van der Waals surface area contributed by atoms with Crippen molar-refractivity contribution in [3.63, 3.8) is 0 Å². The molecule has 28 heavy (non-hydrogen) atoms. The number of hydrogen-bond donors (Lipinski definition) is 0. The normalized spacial score (nSPS) is 23.9. The maximum absolute atomic E-state index is 13.5. The summed E-state index contributed by atoms with van der Waals surface area (Å²) in [4.78, 5) is 31.8. The van der Waals surface area contributed by atoms with Crippen LogP contribution < -0.4 is 0 Å². The molecule has 1 aromatic carbocycles. The second kappa shape index (κ2) is 8.91. The Balaban J connectivity index is 1.73. The molecule has 0 bridgehead atoms. The highest BCUT2D eigenvalue weighted by Gasteiger charge is 2.43. The molecule has 0 radical (unpaired) electrons. The molecule has 0 N–H and O–H groups in total. The average molecular weight is 384 g/mol. The number of allylic oxidation sites excluding steroid dienone is 1. The van der Waals surface area contributed by atoms with Crippen molar-refractivity contribution in [2.75, 3.05) is 39.3 Å². The lowest BCUT2D eigenvalue weighted by atomic mass is 9.90. The number of aryl methyl sites for hydroxylation is 1. The van der Waals surface area contributed by atoms with Crippen LogP contribution in [0.3, 0.4) is 0 Å². The van der Waals surface area contributed by atoms with Crippen molar-refractivity contribution < 1.29 is 9.59 Å².